The van der Waals surface area contributed by atoms with Crippen LogP contribution in [0.5, 0.6) is 0 Å². The van der Waals surface area contributed by atoms with Crippen molar-refractivity contribution in [3.8, 4) is 0 Å². The molecule has 0 spiro atoms. The third kappa shape index (κ3) is 2.73. The van der Waals surface area contributed by atoms with E-state index in [4.69, 9.17) is 0 Å². The van der Waals surface area contributed by atoms with Crippen LogP contribution in [0, 0.1) is 16.2 Å². The molecule has 1 heterocycles. The minimum Gasteiger partial charge on any atom is -0.325 e. The summed E-state index contributed by atoms with van der Waals surface area (Å²) < 4.78 is 0. The Morgan fingerprint density at radius 2 is 1.48 bits per heavy atom. The first kappa shape index (κ1) is 17.7. The van der Waals surface area contributed by atoms with Crippen molar-refractivity contribution in [1.29, 1.82) is 0 Å². The molecule has 0 aromatic heterocycles. The number of fused-ring (bicyclic) bond motifs is 3. The number of piperidine rings is 1. The molecule has 2 atom stereocenters. The van der Waals surface area contributed by atoms with E-state index in [1.807, 2.05) is 63.2 Å². The maximum Gasteiger partial charge on any atom is 0.232 e. The van der Waals surface area contributed by atoms with Crippen molar-refractivity contribution in [3.05, 3.63) is 42.5 Å². The van der Waals surface area contributed by atoms with Gasteiger partial charge in [-0.05, 0) is 30.7 Å². The lowest BCUT2D eigenvalue weighted by atomic mass is 9.52. The zero-order valence-corrected chi connectivity index (χ0v) is 15.9. The fourth-order valence-corrected chi connectivity index (χ4v) is 5.27. The monoisotopic (exact) mass is 364 g/mol. The molecular formula is C22H24N2O3. The predicted molar refractivity (Wildman–Crippen MR) is 104 cm³/mol. The largest absolute Gasteiger partial charge is 0.325 e. The van der Waals surface area contributed by atoms with E-state index >= 15 is 0 Å². The third-order valence-corrected chi connectivity index (χ3v) is 6.25. The smallest absolute Gasteiger partial charge is 0.232 e. The molecular weight excluding hydrogens is 340 g/mol. The highest BCUT2D eigenvalue weighted by Crippen LogP contribution is 2.56. The van der Waals surface area contributed by atoms with Gasteiger partial charge in [-0.2, -0.15) is 0 Å². The molecule has 2 aromatic carbocycles. The number of carbonyl (C=O) groups excluding carboxylic acids is 3. The molecule has 3 amide bonds. The second kappa shape index (κ2) is 5.65. The molecule has 1 aliphatic carbocycles. The van der Waals surface area contributed by atoms with Gasteiger partial charge in [0.2, 0.25) is 17.7 Å². The highest BCUT2D eigenvalue weighted by Gasteiger charge is 2.60. The molecule has 5 heteroatoms. The van der Waals surface area contributed by atoms with Crippen LogP contribution in [-0.2, 0) is 14.4 Å². The summed E-state index contributed by atoms with van der Waals surface area (Å²) in [5, 5.41) is 7.59. The SMILES string of the molecule is CC12CC(C)(CC(C)(C(=O)Nc3cccc4ccccc34)C1)C(=O)NC2=O. The summed E-state index contributed by atoms with van der Waals surface area (Å²) in [6.45, 7) is 5.58. The first-order valence-electron chi connectivity index (χ1n) is 9.31. The summed E-state index contributed by atoms with van der Waals surface area (Å²) in [7, 11) is 0. The fraction of sp³-hybridized carbons (Fsp3) is 0.409. The first-order valence-corrected chi connectivity index (χ1v) is 9.31. The standard InChI is InChI=1S/C22H24N2O3/c1-20(11-21(2)13-22(3,12-20)19(27)24-18(21)26)17(25)23-16-10-6-8-14-7-4-5-9-15(14)16/h4-10H,11-13H2,1-3H3,(H,23,25)(H,24,26,27). The van der Waals surface area contributed by atoms with Gasteiger partial charge in [-0.25, -0.2) is 0 Å². The Morgan fingerprint density at radius 3 is 2.15 bits per heavy atom. The molecule has 5 nitrogen and oxygen atoms in total. The normalized spacial score (nSPS) is 32.9. The number of hydrogen-bond acceptors (Lipinski definition) is 3. The van der Waals surface area contributed by atoms with Crippen molar-refractivity contribution in [1.82, 2.24) is 5.32 Å². The summed E-state index contributed by atoms with van der Waals surface area (Å²) in [5.74, 6) is -0.679. The predicted octanol–water partition coefficient (Wildman–Crippen LogP) is 3.64. The third-order valence-electron chi connectivity index (χ3n) is 6.25. The van der Waals surface area contributed by atoms with Gasteiger partial charge in [0.25, 0.3) is 0 Å². The van der Waals surface area contributed by atoms with E-state index in [1.165, 1.54) is 0 Å². The molecule has 2 fully saturated rings. The molecule has 0 radical (unpaired) electrons. The molecule has 4 rings (SSSR count). The Balaban J connectivity index is 1.68. The second-order valence-corrected chi connectivity index (χ2v) is 8.98. The van der Waals surface area contributed by atoms with Crippen LogP contribution in [0.15, 0.2) is 42.5 Å². The van der Waals surface area contributed by atoms with Gasteiger partial charge in [0.1, 0.15) is 0 Å². The van der Waals surface area contributed by atoms with Crippen molar-refractivity contribution in [2.75, 3.05) is 5.32 Å². The molecule has 2 bridgehead atoms. The Morgan fingerprint density at radius 1 is 0.889 bits per heavy atom. The zero-order valence-electron chi connectivity index (χ0n) is 15.9. The number of amides is 3. The van der Waals surface area contributed by atoms with Crippen LogP contribution in [-0.4, -0.2) is 17.7 Å². The van der Waals surface area contributed by atoms with Crippen molar-refractivity contribution in [2.24, 2.45) is 16.2 Å². The topological polar surface area (TPSA) is 75.3 Å². The van der Waals surface area contributed by atoms with Gasteiger partial charge in [-0.1, -0.05) is 57.2 Å². The number of anilines is 1. The molecule has 1 saturated carbocycles. The van der Waals surface area contributed by atoms with Crippen LogP contribution in [0.3, 0.4) is 0 Å². The van der Waals surface area contributed by atoms with Crippen LogP contribution < -0.4 is 10.6 Å². The van der Waals surface area contributed by atoms with Gasteiger partial charge in [0, 0.05) is 27.3 Å². The minimum absolute atomic E-state index is 0.140. The lowest BCUT2D eigenvalue weighted by Crippen LogP contribution is -2.63. The maximum absolute atomic E-state index is 13.3. The van der Waals surface area contributed by atoms with E-state index in [0.29, 0.717) is 19.3 Å². The zero-order chi connectivity index (χ0) is 19.4. The van der Waals surface area contributed by atoms with Crippen molar-refractivity contribution < 1.29 is 14.4 Å². The van der Waals surface area contributed by atoms with Crippen molar-refractivity contribution >= 4 is 34.2 Å². The second-order valence-electron chi connectivity index (χ2n) is 8.98. The molecule has 1 saturated heterocycles. The molecule has 2 unspecified atom stereocenters. The Hall–Kier alpha value is -2.69. The van der Waals surface area contributed by atoms with Crippen LogP contribution in [0.4, 0.5) is 5.69 Å². The van der Waals surface area contributed by atoms with Crippen LogP contribution in [0.25, 0.3) is 10.8 Å². The van der Waals surface area contributed by atoms with E-state index in [0.717, 1.165) is 16.5 Å². The molecule has 2 N–H and O–H groups in total. The van der Waals surface area contributed by atoms with Crippen LogP contribution in [0.1, 0.15) is 40.0 Å². The van der Waals surface area contributed by atoms with Crippen LogP contribution in [0.2, 0.25) is 0 Å². The van der Waals surface area contributed by atoms with Gasteiger partial charge in [0.05, 0.1) is 0 Å². The van der Waals surface area contributed by atoms with Gasteiger partial charge >= 0.3 is 0 Å². The molecule has 27 heavy (non-hydrogen) atoms. The average Bonchev–Trinajstić information content (AvgIpc) is 2.60. The summed E-state index contributed by atoms with van der Waals surface area (Å²) >= 11 is 0. The number of benzene rings is 2. The number of carbonyl (C=O) groups is 3. The maximum atomic E-state index is 13.3. The van der Waals surface area contributed by atoms with Gasteiger partial charge in [0.15, 0.2) is 0 Å². The van der Waals surface area contributed by atoms with E-state index in [9.17, 15) is 14.4 Å². The lowest BCUT2D eigenvalue weighted by molar-refractivity contribution is -0.163. The van der Waals surface area contributed by atoms with E-state index < -0.39 is 16.2 Å². The number of imide groups is 1. The Bertz CT molecular complexity index is 949. The molecule has 140 valence electrons. The summed E-state index contributed by atoms with van der Waals surface area (Å²) in [5.41, 5.74) is -1.48. The average molecular weight is 364 g/mol. The van der Waals surface area contributed by atoms with E-state index in [-0.39, 0.29) is 17.7 Å². The van der Waals surface area contributed by atoms with E-state index in [2.05, 4.69) is 10.6 Å². The first-order chi connectivity index (χ1) is 12.7. The van der Waals surface area contributed by atoms with Gasteiger partial charge in [-0.3, -0.25) is 19.7 Å². The van der Waals surface area contributed by atoms with E-state index in [1.54, 1.807) is 0 Å². The summed E-state index contributed by atoms with van der Waals surface area (Å²) in [6, 6.07) is 13.7. The quantitative estimate of drug-likeness (QED) is 0.799. The minimum atomic E-state index is -0.799. The number of hydrogen-bond donors (Lipinski definition) is 2. The van der Waals surface area contributed by atoms with Gasteiger partial charge in [-0.15, -0.1) is 0 Å². The summed E-state index contributed by atoms with van der Waals surface area (Å²) in [4.78, 5) is 38.2. The molecule has 2 aromatic rings. The summed E-state index contributed by atoms with van der Waals surface area (Å²) in [6.07, 6.45) is 1.33. The lowest BCUT2D eigenvalue weighted by Gasteiger charge is -2.53. The van der Waals surface area contributed by atoms with Crippen molar-refractivity contribution in [2.45, 2.75) is 40.0 Å². The number of nitrogens with one attached hydrogen (secondary N) is 2. The number of rotatable bonds is 2. The van der Waals surface area contributed by atoms with Gasteiger partial charge < -0.3 is 5.32 Å². The Labute approximate surface area is 158 Å². The fourth-order valence-electron chi connectivity index (χ4n) is 5.27. The van der Waals surface area contributed by atoms with Crippen LogP contribution >= 0.6 is 0 Å². The molecule has 2 aliphatic rings. The Kier molecular flexibility index (Phi) is 3.71. The highest BCUT2D eigenvalue weighted by molar-refractivity contribution is 6.07. The molecule has 1 aliphatic heterocycles. The highest BCUT2D eigenvalue weighted by atomic mass is 16.2. The van der Waals surface area contributed by atoms with Crippen molar-refractivity contribution in [3.63, 3.8) is 0 Å².